The first kappa shape index (κ1) is 44.2. The number of rotatable bonds is 9. The molecule has 0 aliphatic rings. The van der Waals surface area contributed by atoms with E-state index in [1.807, 2.05) is 60.7 Å². The Morgan fingerprint density at radius 2 is 0.513 bits per heavy atom. The lowest BCUT2D eigenvalue weighted by Gasteiger charge is -2.18. The van der Waals surface area contributed by atoms with Gasteiger partial charge in [0, 0.05) is 38.2 Å². The van der Waals surface area contributed by atoms with Gasteiger partial charge < -0.3 is 9.13 Å². The van der Waals surface area contributed by atoms with Crippen molar-refractivity contribution in [2.45, 2.75) is 0 Å². The van der Waals surface area contributed by atoms with E-state index in [1.54, 1.807) is 0 Å². The van der Waals surface area contributed by atoms with Crippen LogP contribution in [0.2, 0.25) is 0 Å². The highest BCUT2D eigenvalue weighted by Gasteiger charge is 2.27. The molecule has 0 aliphatic carbocycles. The van der Waals surface area contributed by atoms with Crippen molar-refractivity contribution in [2.75, 3.05) is 0 Å². The fraction of sp³-hybridized carbons (Fsp3) is 0. The second-order valence-corrected chi connectivity index (χ2v) is 19.0. The first-order valence-corrected chi connectivity index (χ1v) is 25.5. The fourth-order valence-corrected chi connectivity index (χ4v) is 11.3. The molecule has 0 unspecified atom stereocenters. The Morgan fingerprint density at radius 3 is 0.776 bits per heavy atom. The van der Waals surface area contributed by atoms with Crippen molar-refractivity contribution in [1.29, 1.82) is 5.26 Å². The molecule has 14 rings (SSSR count). The van der Waals surface area contributed by atoms with Crippen molar-refractivity contribution < 1.29 is 0 Å². The molecular formula is C70H44N6. The number of aromatic nitrogens is 5. The van der Waals surface area contributed by atoms with E-state index >= 15 is 0 Å². The zero-order chi connectivity index (χ0) is 50.5. The van der Waals surface area contributed by atoms with Crippen LogP contribution in [-0.2, 0) is 0 Å². The lowest BCUT2D eigenvalue weighted by molar-refractivity contribution is 1.06. The summed E-state index contributed by atoms with van der Waals surface area (Å²) in [6.07, 6.45) is 0. The van der Waals surface area contributed by atoms with Gasteiger partial charge in [-0.25, -0.2) is 15.0 Å². The van der Waals surface area contributed by atoms with Crippen LogP contribution in [-0.4, -0.2) is 24.1 Å². The first-order chi connectivity index (χ1) is 37.7. The van der Waals surface area contributed by atoms with Crippen LogP contribution in [0.25, 0.3) is 134 Å². The molecule has 3 aromatic heterocycles. The van der Waals surface area contributed by atoms with E-state index in [0.717, 1.165) is 105 Å². The summed E-state index contributed by atoms with van der Waals surface area (Å²) in [4.78, 5) is 15.8. The summed E-state index contributed by atoms with van der Waals surface area (Å²) < 4.78 is 4.59. The van der Waals surface area contributed by atoms with E-state index in [9.17, 15) is 5.26 Å². The van der Waals surface area contributed by atoms with Crippen LogP contribution < -0.4 is 0 Å². The lowest BCUT2D eigenvalue weighted by atomic mass is 9.95. The second kappa shape index (κ2) is 18.5. The third-order valence-electron chi connectivity index (χ3n) is 14.6. The van der Waals surface area contributed by atoms with Gasteiger partial charge in [0.25, 0.3) is 0 Å². The standard InChI is InChI=1S/C70H44N6/c71-45-57-62(75-58-39-19-35-53(46-23-7-1-8-24-46)64(58)65-54(36-20-40-59(65)75)47-25-9-2-10-26-47)43-52(70-73-68(50-31-15-5-16-32-50)72-69(74-70)51-33-17-6-18-34-51)44-63(57)76-60-41-21-37-55(48-27-11-3-12-28-48)66(60)67-56(38-22-42-61(67)76)49-29-13-4-14-30-49/h1-44H. The normalized spacial score (nSPS) is 11.4. The quantitative estimate of drug-likeness (QED) is 0.144. The summed E-state index contributed by atoms with van der Waals surface area (Å²) in [5, 5.41) is 16.5. The molecule has 0 amide bonds. The minimum absolute atomic E-state index is 0.478. The zero-order valence-corrected chi connectivity index (χ0v) is 41.1. The summed E-state index contributed by atoms with van der Waals surface area (Å²) in [5.74, 6) is 1.57. The molecule has 0 aliphatic heterocycles. The third kappa shape index (κ3) is 7.37. The van der Waals surface area contributed by atoms with Crippen LogP contribution in [0, 0.1) is 11.3 Å². The van der Waals surface area contributed by atoms with E-state index in [4.69, 9.17) is 15.0 Å². The Morgan fingerprint density at radius 1 is 0.263 bits per heavy atom. The maximum Gasteiger partial charge on any atom is 0.164 e. The topological polar surface area (TPSA) is 72.3 Å². The van der Waals surface area contributed by atoms with Crippen molar-refractivity contribution in [3.05, 3.63) is 272 Å². The van der Waals surface area contributed by atoms with Gasteiger partial charge in [0.2, 0.25) is 0 Å². The summed E-state index contributed by atoms with van der Waals surface area (Å²) in [5.41, 5.74) is 17.0. The van der Waals surface area contributed by atoms with Gasteiger partial charge in [-0.15, -0.1) is 0 Å². The van der Waals surface area contributed by atoms with Crippen molar-refractivity contribution in [1.82, 2.24) is 24.1 Å². The van der Waals surface area contributed by atoms with E-state index in [1.165, 1.54) is 0 Å². The molecule has 0 N–H and O–H groups in total. The largest absolute Gasteiger partial charge is 0.308 e. The summed E-state index contributed by atoms with van der Waals surface area (Å²) in [6.45, 7) is 0. The van der Waals surface area contributed by atoms with Crippen molar-refractivity contribution in [2.24, 2.45) is 0 Å². The predicted molar refractivity (Wildman–Crippen MR) is 311 cm³/mol. The van der Waals surface area contributed by atoms with Gasteiger partial charge in [-0.1, -0.05) is 231 Å². The first-order valence-electron chi connectivity index (χ1n) is 25.5. The average molecular weight is 969 g/mol. The minimum atomic E-state index is 0.478. The molecule has 0 saturated carbocycles. The van der Waals surface area contributed by atoms with E-state index in [-0.39, 0.29) is 0 Å². The number of nitriles is 1. The Kier molecular flexibility index (Phi) is 10.8. The van der Waals surface area contributed by atoms with Crippen molar-refractivity contribution >= 4 is 43.6 Å². The van der Waals surface area contributed by atoms with Crippen LogP contribution in [0.1, 0.15) is 5.56 Å². The monoisotopic (exact) mass is 968 g/mol. The Labute approximate surface area is 439 Å². The van der Waals surface area contributed by atoms with Gasteiger partial charge in [-0.3, -0.25) is 0 Å². The smallest absolute Gasteiger partial charge is 0.164 e. The van der Waals surface area contributed by atoms with Crippen LogP contribution in [0.4, 0.5) is 0 Å². The number of benzene rings is 11. The average Bonchev–Trinajstić information content (AvgIpc) is 4.24. The van der Waals surface area contributed by atoms with Gasteiger partial charge in [0.05, 0.1) is 33.4 Å². The molecule has 76 heavy (non-hydrogen) atoms. The highest BCUT2D eigenvalue weighted by molar-refractivity contribution is 6.22. The predicted octanol–water partition coefficient (Wildman–Crippen LogP) is 17.6. The minimum Gasteiger partial charge on any atom is -0.308 e. The fourth-order valence-electron chi connectivity index (χ4n) is 11.3. The molecule has 0 fully saturated rings. The highest BCUT2D eigenvalue weighted by Crippen LogP contribution is 2.47. The summed E-state index contributed by atoms with van der Waals surface area (Å²) in [7, 11) is 0. The Hall–Kier alpha value is -10.5. The van der Waals surface area contributed by atoms with E-state index in [2.05, 4.69) is 221 Å². The molecule has 0 radical (unpaired) electrons. The molecular weight excluding hydrogens is 925 g/mol. The van der Waals surface area contributed by atoms with Crippen molar-refractivity contribution in [3.63, 3.8) is 0 Å². The number of hydrogen-bond donors (Lipinski definition) is 0. The summed E-state index contributed by atoms with van der Waals surface area (Å²) >= 11 is 0. The lowest BCUT2D eigenvalue weighted by Crippen LogP contribution is -2.07. The SMILES string of the molecule is N#Cc1c(-n2c3cccc(-c4ccccc4)c3c3c(-c4ccccc4)cccc32)cc(-c2nc(-c3ccccc3)nc(-c3ccccc3)n2)cc1-n1c2cccc(-c3ccccc3)c2c2c(-c3ccccc3)cccc21. The van der Waals surface area contributed by atoms with Crippen LogP contribution in [0.15, 0.2) is 267 Å². The van der Waals surface area contributed by atoms with E-state index < -0.39 is 0 Å². The number of fused-ring (bicyclic) bond motifs is 6. The molecule has 0 bridgehead atoms. The van der Waals surface area contributed by atoms with Gasteiger partial charge in [0.1, 0.15) is 11.6 Å². The maximum absolute atomic E-state index is 12.1. The van der Waals surface area contributed by atoms with Crippen LogP contribution in [0.5, 0.6) is 0 Å². The maximum atomic E-state index is 12.1. The molecule has 6 heteroatoms. The Balaban J connectivity index is 1.16. The van der Waals surface area contributed by atoms with Gasteiger partial charge in [0.15, 0.2) is 17.5 Å². The molecule has 0 spiro atoms. The molecule has 3 heterocycles. The summed E-state index contributed by atoms with van der Waals surface area (Å²) in [6, 6.07) is 95.7. The number of nitrogens with zero attached hydrogens (tertiary/aromatic N) is 6. The van der Waals surface area contributed by atoms with Gasteiger partial charge >= 0.3 is 0 Å². The van der Waals surface area contributed by atoms with Gasteiger partial charge in [-0.2, -0.15) is 5.26 Å². The van der Waals surface area contributed by atoms with Crippen LogP contribution in [0.3, 0.4) is 0 Å². The molecule has 11 aromatic carbocycles. The van der Waals surface area contributed by atoms with E-state index in [0.29, 0.717) is 34.4 Å². The van der Waals surface area contributed by atoms with Crippen LogP contribution >= 0.6 is 0 Å². The third-order valence-corrected chi connectivity index (χ3v) is 14.6. The van der Waals surface area contributed by atoms with Gasteiger partial charge in [-0.05, 0) is 80.9 Å². The molecule has 0 saturated heterocycles. The zero-order valence-electron chi connectivity index (χ0n) is 41.1. The molecule has 354 valence electrons. The molecule has 14 aromatic rings. The molecule has 0 atom stereocenters. The Bertz CT molecular complexity index is 4070. The number of hydrogen-bond acceptors (Lipinski definition) is 4. The highest BCUT2D eigenvalue weighted by atomic mass is 15.1. The molecule has 6 nitrogen and oxygen atoms in total. The second-order valence-electron chi connectivity index (χ2n) is 19.0. The van der Waals surface area contributed by atoms with Crippen molar-refractivity contribution in [3.8, 4) is 96.1 Å².